The molecule has 5 aromatic rings. The van der Waals surface area contributed by atoms with Crippen molar-refractivity contribution in [1.82, 2.24) is 34.6 Å². The van der Waals surface area contributed by atoms with Gasteiger partial charge in [0.05, 0.1) is 41.9 Å². The Labute approximate surface area is 324 Å². The highest BCUT2D eigenvalue weighted by molar-refractivity contribution is 5.85. The number of nitrogens with two attached hydrogens (primary N) is 1. The molecule has 12 nitrogen and oxygen atoms in total. The number of amides is 3. The lowest BCUT2D eigenvalue weighted by molar-refractivity contribution is -0.141. The average Bonchev–Trinajstić information content (AvgIpc) is 4.04. The molecule has 14 heteroatoms. The van der Waals surface area contributed by atoms with Crippen molar-refractivity contribution in [2.24, 2.45) is 5.73 Å². The Balaban J connectivity index is 1.05. The average molecular weight is 765 g/mol. The number of aromatic amines is 2. The molecule has 2 fully saturated rings. The minimum Gasteiger partial charge on any atom is -0.431 e. The molecule has 0 radical (unpaired) electrons. The van der Waals surface area contributed by atoms with Gasteiger partial charge in [0.25, 0.3) is 5.91 Å². The molecule has 2 aromatic heterocycles. The lowest BCUT2D eigenvalue weighted by atomic mass is 10.00. The van der Waals surface area contributed by atoms with Crippen LogP contribution in [0.3, 0.4) is 0 Å². The van der Waals surface area contributed by atoms with Gasteiger partial charge in [-0.25, -0.2) is 23.5 Å². The molecule has 3 aromatic carbocycles. The van der Waals surface area contributed by atoms with E-state index in [4.69, 9.17) is 10.5 Å². The van der Waals surface area contributed by atoms with Gasteiger partial charge in [-0.3, -0.25) is 14.5 Å². The quantitative estimate of drug-likeness (QED) is 0.121. The Morgan fingerprint density at radius 3 is 1.77 bits per heavy atom. The molecule has 4 atom stereocenters. The standard InChI is InChI=1S/C42H46F2N8O4/c1-4-50(5-2)25(3)40(53)51-19-9-13-35(51)38-46-23-33(48-38)29-17-15-27(21-31(29)43)28-16-18-30(32(44)22-28)34-24-47-39(49-34)36-14-10-20-52(36)41(54)37(56-42(45)55)26-11-7-6-8-12-26/h6-8,11-12,15-18,21-25,35-37H,4-5,9-10,13-14,19-20H2,1-3H3,(H2,45,55)(H,46,48)(H,47,49)/t25-,35+,36+,37-/m1/s1. The minimum absolute atomic E-state index is 0.0642. The molecule has 2 aliphatic rings. The van der Waals surface area contributed by atoms with Crippen LogP contribution in [0.25, 0.3) is 33.6 Å². The first-order chi connectivity index (χ1) is 27.1. The highest BCUT2D eigenvalue weighted by atomic mass is 19.1. The van der Waals surface area contributed by atoms with Gasteiger partial charge in [0.1, 0.15) is 23.3 Å². The number of aromatic nitrogens is 4. The number of benzene rings is 3. The zero-order chi connectivity index (χ0) is 39.5. The van der Waals surface area contributed by atoms with E-state index >= 15 is 8.78 Å². The summed E-state index contributed by atoms with van der Waals surface area (Å²) in [6, 6.07) is 17.2. The summed E-state index contributed by atoms with van der Waals surface area (Å²) in [7, 11) is 0. The van der Waals surface area contributed by atoms with E-state index in [0.717, 1.165) is 25.9 Å². The van der Waals surface area contributed by atoms with Crippen LogP contribution >= 0.6 is 0 Å². The first-order valence-electron chi connectivity index (χ1n) is 19.1. The number of nitrogens with one attached hydrogen (secondary N) is 2. The van der Waals surface area contributed by atoms with E-state index < -0.39 is 35.8 Å². The van der Waals surface area contributed by atoms with Gasteiger partial charge in [0.2, 0.25) is 12.0 Å². The summed E-state index contributed by atoms with van der Waals surface area (Å²) in [6.45, 7) is 8.65. The third-order valence-electron chi connectivity index (χ3n) is 11.0. The van der Waals surface area contributed by atoms with Crippen molar-refractivity contribution in [2.45, 2.75) is 70.7 Å². The molecule has 3 amide bonds. The fraction of sp³-hybridized carbons (Fsp3) is 0.357. The largest absolute Gasteiger partial charge is 0.431 e. The number of H-pyrrole nitrogens is 2. The molecule has 0 spiro atoms. The number of rotatable bonds is 12. The lowest BCUT2D eigenvalue weighted by Crippen LogP contribution is -2.46. The van der Waals surface area contributed by atoms with Gasteiger partial charge in [-0.2, -0.15) is 0 Å². The van der Waals surface area contributed by atoms with Gasteiger partial charge in [-0.05, 0) is 81.1 Å². The van der Waals surface area contributed by atoms with Crippen LogP contribution in [0.15, 0.2) is 79.1 Å². The monoisotopic (exact) mass is 764 g/mol. The number of likely N-dealkylation sites (N-methyl/N-ethyl adjacent to an activating group) is 1. The van der Waals surface area contributed by atoms with Crippen molar-refractivity contribution in [3.05, 3.63) is 108 Å². The van der Waals surface area contributed by atoms with E-state index in [0.29, 0.717) is 71.2 Å². The Bertz CT molecular complexity index is 2200. The van der Waals surface area contributed by atoms with E-state index in [9.17, 15) is 14.4 Å². The smallest absolute Gasteiger partial charge is 0.405 e. The fourth-order valence-electron chi connectivity index (χ4n) is 8.06. The van der Waals surface area contributed by atoms with Crippen LogP contribution in [0, 0.1) is 11.6 Å². The number of primary amides is 1. The number of ether oxygens (including phenoxy) is 1. The Morgan fingerprint density at radius 1 is 0.804 bits per heavy atom. The number of carbonyl (C=O) groups is 3. The highest BCUT2D eigenvalue weighted by Crippen LogP contribution is 2.37. The normalized spacial score (nSPS) is 18.0. The number of likely N-dealkylation sites (tertiary alicyclic amines) is 2. The number of carbonyl (C=O) groups excluding carboxylic acids is 3. The fourth-order valence-corrected chi connectivity index (χ4v) is 8.06. The van der Waals surface area contributed by atoms with Crippen LogP contribution in [0.4, 0.5) is 13.6 Å². The Kier molecular flexibility index (Phi) is 11.3. The molecule has 2 saturated heterocycles. The zero-order valence-electron chi connectivity index (χ0n) is 31.7. The number of imidazole rings is 2. The minimum atomic E-state index is -1.21. The summed E-state index contributed by atoms with van der Waals surface area (Å²) < 4.78 is 36.7. The predicted octanol–water partition coefficient (Wildman–Crippen LogP) is 7.31. The molecule has 4 N–H and O–H groups in total. The van der Waals surface area contributed by atoms with Crippen molar-refractivity contribution in [3.63, 3.8) is 0 Å². The van der Waals surface area contributed by atoms with Crippen molar-refractivity contribution >= 4 is 17.9 Å². The molecule has 0 saturated carbocycles. The second-order valence-electron chi connectivity index (χ2n) is 14.3. The molecule has 2 aliphatic heterocycles. The zero-order valence-corrected chi connectivity index (χ0v) is 31.7. The molecular formula is C42H46F2N8O4. The van der Waals surface area contributed by atoms with Gasteiger partial charge in [-0.15, -0.1) is 0 Å². The van der Waals surface area contributed by atoms with Crippen LogP contribution in [0.2, 0.25) is 0 Å². The van der Waals surface area contributed by atoms with Crippen molar-refractivity contribution in [1.29, 1.82) is 0 Å². The van der Waals surface area contributed by atoms with Crippen LogP contribution in [0.5, 0.6) is 0 Å². The summed E-state index contributed by atoms with van der Waals surface area (Å²) in [5.41, 5.74) is 8.27. The lowest BCUT2D eigenvalue weighted by Gasteiger charge is -2.31. The molecule has 292 valence electrons. The van der Waals surface area contributed by atoms with Gasteiger partial charge < -0.3 is 30.2 Å². The van der Waals surface area contributed by atoms with E-state index in [-0.39, 0.29) is 23.6 Å². The summed E-state index contributed by atoms with van der Waals surface area (Å²) in [4.78, 5) is 59.9. The molecule has 7 rings (SSSR count). The van der Waals surface area contributed by atoms with Gasteiger partial charge in [0.15, 0.2) is 0 Å². The number of nitrogens with zero attached hydrogens (tertiary/aromatic N) is 5. The van der Waals surface area contributed by atoms with Crippen LogP contribution in [-0.2, 0) is 14.3 Å². The summed E-state index contributed by atoms with van der Waals surface area (Å²) >= 11 is 0. The number of halogens is 2. The topological polar surface area (TPSA) is 154 Å². The molecule has 0 unspecified atom stereocenters. The van der Waals surface area contributed by atoms with Crippen LogP contribution < -0.4 is 5.73 Å². The highest BCUT2D eigenvalue weighted by Gasteiger charge is 2.38. The maximum atomic E-state index is 15.7. The second kappa shape index (κ2) is 16.5. The molecular weight excluding hydrogens is 719 g/mol. The van der Waals surface area contributed by atoms with Crippen LogP contribution in [-0.4, -0.2) is 84.8 Å². The van der Waals surface area contributed by atoms with Gasteiger partial charge >= 0.3 is 6.09 Å². The third kappa shape index (κ3) is 7.65. The predicted molar refractivity (Wildman–Crippen MR) is 207 cm³/mol. The van der Waals surface area contributed by atoms with Gasteiger partial charge in [0, 0.05) is 29.8 Å². The second-order valence-corrected chi connectivity index (χ2v) is 14.3. The third-order valence-corrected chi connectivity index (χ3v) is 11.0. The SMILES string of the molecule is CCN(CC)[C@H](C)C(=O)N1CCC[C@H]1c1ncc(-c2ccc(-c3ccc(-c4cnc([C@@H]5CCCN5C(=O)[C@H](OC(N)=O)c5ccccc5)[nH]4)c(F)c3)cc2F)[nH]1. The first kappa shape index (κ1) is 38.4. The van der Waals surface area contributed by atoms with Crippen molar-refractivity contribution in [2.75, 3.05) is 26.2 Å². The van der Waals surface area contributed by atoms with E-state index in [1.807, 2.05) is 25.7 Å². The summed E-state index contributed by atoms with van der Waals surface area (Å²) in [5.74, 6) is -0.298. The van der Waals surface area contributed by atoms with Crippen LogP contribution in [0.1, 0.15) is 81.9 Å². The van der Waals surface area contributed by atoms with E-state index in [1.54, 1.807) is 65.7 Å². The molecule has 0 aliphatic carbocycles. The van der Waals surface area contributed by atoms with E-state index in [2.05, 4.69) is 24.8 Å². The number of hydrogen-bond acceptors (Lipinski definition) is 7. The molecule has 0 bridgehead atoms. The maximum Gasteiger partial charge on any atom is 0.405 e. The van der Waals surface area contributed by atoms with Crippen molar-refractivity contribution in [3.8, 4) is 33.6 Å². The molecule has 56 heavy (non-hydrogen) atoms. The van der Waals surface area contributed by atoms with Gasteiger partial charge in [-0.1, -0.05) is 56.3 Å². The Hall–Kier alpha value is -5.89. The van der Waals surface area contributed by atoms with Crippen molar-refractivity contribution < 1.29 is 27.9 Å². The maximum absolute atomic E-state index is 15.7. The first-order valence-corrected chi connectivity index (χ1v) is 19.1. The molecule has 4 heterocycles. The number of hydrogen-bond donors (Lipinski definition) is 3. The van der Waals surface area contributed by atoms with E-state index in [1.165, 1.54) is 18.3 Å². The summed E-state index contributed by atoms with van der Waals surface area (Å²) in [6.07, 6.45) is 3.77. The Morgan fingerprint density at radius 2 is 1.30 bits per heavy atom. The summed E-state index contributed by atoms with van der Waals surface area (Å²) in [5, 5.41) is 0.